The maximum atomic E-state index is 11.8. The summed E-state index contributed by atoms with van der Waals surface area (Å²) in [6, 6.07) is 2.74. The zero-order valence-electron chi connectivity index (χ0n) is 14.0. The van der Waals surface area contributed by atoms with Gasteiger partial charge in [0.1, 0.15) is 11.2 Å². The van der Waals surface area contributed by atoms with E-state index in [2.05, 4.69) is 30.9 Å². The first-order valence-corrected chi connectivity index (χ1v) is 8.40. The van der Waals surface area contributed by atoms with E-state index in [1.165, 1.54) is 0 Å². The molecule has 1 saturated carbocycles. The minimum absolute atomic E-state index is 0.00774. The first-order valence-electron chi connectivity index (χ1n) is 8.40. The number of nitrogens with one attached hydrogen (secondary N) is 2. The predicted octanol–water partition coefficient (Wildman–Crippen LogP) is 2.67. The number of hydrogen-bond acceptors (Lipinski definition) is 3. The molecule has 0 saturated heterocycles. The van der Waals surface area contributed by atoms with E-state index in [9.17, 15) is 4.79 Å². The Labute approximate surface area is 140 Å². The van der Waals surface area contributed by atoms with Crippen molar-refractivity contribution >= 4 is 28.1 Å². The highest BCUT2D eigenvalue weighted by Crippen LogP contribution is 2.33. The van der Waals surface area contributed by atoms with E-state index in [1.807, 2.05) is 18.7 Å². The molecule has 0 atom stereocenters. The molecule has 0 bridgehead atoms. The van der Waals surface area contributed by atoms with Crippen molar-refractivity contribution in [2.75, 3.05) is 14.1 Å². The smallest absolute Gasteiger partial charge is 0.317 e. The molecule has 2 amide bonds. The van der Waals surface area contributed by atoms with Crippen LogP contribution in [0.15, 0.2) is 24.8 Å². The summed E-state index contributed by atoms with van der Waals surface area (Å²) in [4.78, 5) is 25.5. The van der Waals surface area contributed by atoms with Crippen LogP contribution in [0, 0.1) is 0 Å². The molecule has 0 unspecified atom stereocenters. The second-order valence-corrected chi connectivity index (χ2v) is 6.73. The number of aromatic nitrogens is 4. The number of carbonyl (C=O) groups is 1. The fraction of sp³-hybridized carbons (Fsp3) is 0.471. The molecule has 2 N–H and O–H groups in total. The van der Waals surface area contributed by atoms with Crippen LogP contribution in [-0.4, -0.2) is 50.6 Å². The van der Waals surface area contributed by atoms with Crippen LogP contribution in [0.5, 0.6) is 0 Å². The second-order valence-electron chi connectivity index (χ2n) is 6.73. The number of nitrogens with zero attached hydrogens (tertiary/aromatic N) is 4. The van der Waals surface area contributed by atoms with Gasteiger partial charge in [-0.3, -0.25) is 0 Å². The van der Waals surface area contributed by atoms with E-state index < -0.39 is 0 Å². The Morgan fingerprint density at radius 3 is 2.83 bits per heavy atom. The molecule has 3 heterocycles. The van der Waals surface area contributed by atoms with Crippen LogP contribution in [-0.2, 0) is 0 Å². The van der Waals surface area contributed by atoms with Crippen molar-refractivity contribution in [3.63, 3.8) is 0 Å². The maximum Gasteiger partial charge on any atom is 0.317 e. The molecule has 0 aliphatic heterocycles. The van der Waals surface area contributed by atoms with Gasteiger partial charge in [-0.05, 0) is 31.7 Å². The molecule has 1 aliphatic rings. The van der Waals surface area contributed by atoms with Crippen molar-refractivity contribution in [1.82, 2.24) is 29.7 Å². The molecule has 3 aromatic heterocycles. The lowest BCUT2D eigenvalue weighted by atomic mass is 9.91. The van der Waals surface area contributed by atoms with E-state index in [-0.39, 0.29) is 12.1 Å². The number of rotatable bonds is 2. The number of amides is 2. The average Bonchev–Trinajstić information content (AvgIpc) is 3.21. The summed E-state index contributed by atoms with van der Waals surface area (Å²) in [7, 11) is 3.55. The van der Waals surface area contributed by atoms with Gasteiger partial charge >= 0.3 is 6.03 Å². The van der Waals surface area contributed by atoms with Crippen LogP contribution in [0.1, 0.15) is 31.7 Å². The Balaban J connectivity index is 1.55. The Kier molecular flexibility index (Phi) is 3.63. The lowest BCUT2D eigenvalue weighted by Gasteiger charge is -2.31. The summed E-state index contributed by atoms with van der Waals surface area (Å²) in [6.07, 6.45) is 9.74. The molecule has 0 spiro atoms. The van der Waals surface area contributed by atoms with E-state index in [1.54, 1.807) is 19.0 Å². The van der Waals surface area contributed by atoms with Crippen LogP contribution < -0.4 is 5.32 Å². The first-order chi connectivity index (χ1) is 11.6. The summed E-state index contributed by atoms with van der Waals surface area (Å²) in [5.41, 5.74) is 2.99. The lowest BCUT2D eigenvalue weighted by Crippen LogP contribution is -2.43. The fourth-order valence-corrected chi connectivity index (χ4v) is 3.61. The van der Waals surface area contributed by atoms with Crippen molar-refractivity contribution in [3.05, 3.63) is 24.8 Å². The Morgan fingerprint density at radius 2 is 2.08 bits per heavy atom. The van der Waals surface area contributed by atoms with Crippen molar-refractivity contribution in [3.8, 4) is 0 Å². The number of pyridine rings is 1. The largest absolute Gasteiger partial charge is 0.346 e. The monoisotopic (exact) mass is 326 g/mol. The molecule has 0 aromatic carbocycles. The van der Waals surface area contributed by atoms with Crippen molar-refractivity contribution in [2.45, 2.75) is 37.8 Å². The molecule has 7 heteroatoms. The van der Waals surface area contributed by atoms with Crippen LogP contribution in [0.2, 0.25) is 0 Å². The number of hydrogen-bond donors (Lipinski definition) is 2. The van der Waals surface area contributed by atoms with Crippen LogP contribution >= 0.6 is 0 Å². The Hall–Kier alpha value is -2.57. The van der Waals surface area contributed by atoms with E-state index in [0.717, 1.165) is 47.8 Å². The summed E-state index contributed by atoms with van der Waals surface area (Å²) in [6.45, 7) is 0. The minimum atomic E-state index is -0.00774. The molecule has 24 heavy (non-hydrogen) atoms. The highest BCUT2D eigenvalue weighted by atomic mass is 16.2. The zero-order valence-corrected chi connectivity index (χ0v) is 14.0. The van der Waals surface area contributed by atoms with Gasteiger partial charge in [-0.25, -0.2) is 14.8 Å². The van der Waals surface area contributed by atoms with Gasteiger partial charge in [0, 0.05) is 37.8 Å². The van der Waals surface area contributed by atoms with Crippen molar-refractivity contribution < 1.29 is 4.79 Å². The van der Waals surface area contributed by atoms with Crippen molar-refractivity contribution in [1.29, 1.82) is 0 Å². The molecule has 1 aliphatic carbocycles. The fourth-order valence-electron chi connectivity index (χ4n) is 3.61. The van der Waals surface area contributed by atoms with Gasteiger partial charge in [0.25, 0.3) is 0 Å². The zero-order chi connectivity index (χ0) is 16.7. The number of carbonyl (C=O) groups excluding carboxylic acids is 1. The first kappa shape index (κ1) is 15.0. The molecule has 3 aromatic rings. The molecular weight excluding hydrogens is 304 g/mol. The Bertz CT molecular complexity index is 872. The van der Waals surface area contributed by atoms with Gasteiger partial charge in [-0.1, -0.05) is 0 Å². The summed E-state index contributed by atoms with van der Waals surface area (Å²) >= 11 is 0. The topological polar surface area (TPSA) is 78.8 Å². The molecule has 0 radical (unpaired) electrons. The standard InChI is InChI=1S/C17H22N6O/c1-22(2)17(24)21-11-3-5-12(6-4-11)23-10-20-14-9-19-16-13(15(14)23)7-8-18-16/h7-12H,3-6H2,1-2H3,(H,18,19)(H,21,24). The Morgan fingerprint density at radius 1 is 1.29 bits per heavy atom. The maximum absolute atomic E-state index is 11.8. The van der Waals surface area contributed by atoms with Gasteiger partial charge < -0.3 is 19.8 Å². The number of aromatic amines is 1. The molecule has 7 nitrogen and oxygen atoms in total. The second kappa shape index (κ2) is 5.81. The molecular formula is C17H22N6O. The van der Waals surface area contributed by atoms with Gasteiger partial charge in [0.05, 0.1) is 18.0 Å². The van der Waals surface area contributed by atoms with Crippen LogP contribution in [0.25, 0.3) is 22.1 Å². The quantitative estimate of drug-likeness (QED) is 0.760. The van der Waals surface area contributed by atoms with Gasteiger partial charge in [0.2, 0.25) is 0 Å². The number of fused-ring (bicyclic) bond motifs is 3. The molecule has 4 rings (SSSR count). The SMILES string of the molecule is CN(C)C(=O)NC1CCC(n2cnc3cnc4[nH]ccc4c32)CC1. The van der Waals surface area contributed by atoms with Gasteiger partial charge in [-0.15, -0.1) is 0 Å². The summed E-state index contributed by atoms with van der Waals surface area (Å²) in [5.74, 6) is 0. The average molecular weight is 326 g/mol. The van der Waals surface area contributed by atoms with E-state index >= 15 is 0 Å². The van der Waals surface area contributed by atoms with E-state index in [0.29, 0.717) is 6.04 Å². The third-order valence-corrected chi connectivity index (χ3v) is 4.94. The van der Waals surface area contributed by atoms with Gasteiger partial charge in [-0.2, -0.15) is 0 Å². The third-order valence-electron chi connectivity index (χ3n) is 4.94. The normalized spacial score (nSPS) is 21.2. The number of H-pyrrole nitrogens is 1. The van der Waals surface area contributed by atoms with Crippen LogP contribution in [0.4, 0.5) is 4.79 Å². The molecule has 126 valence electrons. The molecule has 1 fully saturated rings. The third kappa shape index (κ3) is 2.50. The number of urea groups is 1. The summed E-state index contributed by atoms with van der Waals surface area (Å²) < 4.78 is 2.29. The number of imidazole rings is 1. The van der Waals surface area contributed by atoms with Gasteiger partial charge in [0.15, 0.2) is 0 Å². The van der Waals surface area contributed by atoms with Crippen LogP contribution in [0.3, 0.4) is 0 Å². The lowest BCUT2D eigenvalue weighted by molar-refractivity contribution is 0.205. The van der Waals surface area contributed by atoms with Crippen molar-refractivity contribution in [2.24, 2.45) is 0 Å². The summed E-state index contributed by atoms with van der Waals surface area (Å²) in [5, 5.41) is 4.21. The minimum Gasteiger partial charge on any atom is -0.346 e. The predicted molar refractivity (Wildman–Crippen MR) is 92.9 cm³/mol. The van der Waals surface area contributed by atoms with E-state index in [4.69, 9.17) is 0 Å². The highest BCUT2D eigenvalue weighted by Gasteiger charge is 2.25. The highest BCUT2D eigenvalue weighted by molar-refractivity contribution is 6.00.